The number of furan rings is 1. The van der Waals surface area contributed by atoms with Crippen LogP contribution >= 0.6 is 0 Å². The van der Waals surface area contributed by atoms with Crippen LogP contribution in [0.4, 0.5) is 0 Å². The number of benzene rings is 2. The lowest BCUT2D eigenvalue weighted by atomic mass is 10.1. The van der Waals surface area contributed by atoms with Gasteiger partial charge in [-0.2, -0.15) is 0 Å². The molecule has 2 aliphatic heterocycles. The average Bonchev–Trinajstić information content (AvgIpc) is 3.43. The van der Waals surface area contributed by atoms with E-state index in [4.69, 9.17) is 9.15 Å². The number of hydrogen-bond acceptors (Lipinski definition) is 4. The fourth-order valence-electron chi connectivity index (χ4n) is 3.80. The summed E-state index contributed by atoms with van der Waals surface area (Å²) in [4.78, 5) is 21.4. The Labute approximate surface area is 179 Å². The van der Waals surface area contributed by atoms with E-state index in [2.05, 4.69) is 22.1 Å². The second-order valence-electron chi connectivity index (χ2n) is 7.32. The van der Waals surface area contributed by atoms with E-state index >= 15 is 0 Å². The van der Waals surface area contributed by atoms with Gasteiger partial charge in [-0.15, -0.1) is 0 Å². The molecule has 1 aromatic heterocycles. The zero-order valence-electron chi connectivity index (χ0n) is 17.0. The smallest absolute Gasteiger partial charge is 0.278 e. The monoisotopic (exact) mass is 411 g/mol. The summed E-state index contributed by atoms with van der Waals surface area (Å²) in [5.74, 6) is 2.06. The molecular formula is C25H21N3O3. The highest BCUT2D eigenvalue weighted by atomic mass is 16.5. The molecule has 0 amide bonds. The van der Waals surface area contributed by atoms with Gasteiger partial charge >= 0.3 is 0 Å². The van der Waals surface area contributed by atoms with Crippen LogP contribution in [0.2, 0.25) is 0 Å². The second-order valence-corrected chi connectivity index (χ2v) is 7.32. The van der Waals surface area contributed by atoms with Gasteiger partial charge in [-0.3, -0.25) is 9.36 Å². The van der Waals surface area contributed by atoms with Gasteiger partial charge in [-0.1, -0.05) is 42.5 Å². The molecule has 2 aromatic carbocycles. The maximum atomic E-state index is 13.2. The number of aromatic amines is 1. The summed E-state index contributed by atoms with van der Waals surface area (Å²) in [6.45, 7) is 0. The molecule has 5 rings (SSSR count). The minimum atomic E-state index is -0.147. The van der Waals surface area contributed by atoms with E-state index in [1.807, 2.05) is 54.6 Å². The molecule has 0 spiro atoms. The lowest BCUT2D eigenvalue weighted by molar-refractivity contribution is 0.416. The molecule has 6 nitrogen and oxygen atoms in total. The molecule has 0 atom stereocenters. The number of imidazole rings is 1. The Morgan fingerprint density at radius 3 is 2.58 bits per heavy atom. The summed E-state index contributed by atoms with van der Waals surface area (Å²) in [7, 11) is 1.64. The summed E-state index contributed by atoms with van der Waals surface area (Å²) >= 11 is 0. The molecule has 1 N–H and O–H groups in total. The number of hydrogen-bond donors (Lipinski definition) is 1. The molecule has 31 heavy (non-hydrogen) atoms. The molecule has 154 valence electrons. The van der Waals surface area contributed by atoms with Gasteiger partial charge in [0, 0.05) is 18.2 Å². The third kappa shape index (κ3) is 3.64. The predicted octanol–water partition coefficient (Wildman–Crippen LogP) is 4.45. The Balaban J connectivity index is 1.69. The molecule has 3 heterocycles. The van der Waals surface area contributed by atoms with Crippen molar-refractivity contribution in [2.45, 2.75) is 12.8 Å². The SMILES string of the molecule is COc1ccccc1-c1cn2c(=O)c(Cc3ccco3)nc-2c(Cc2ccccc2)[nH]1. The number of nitrogens with one attached hydrogen (secondary N) is 1. The third-order valence-corrected chi connectivity index (χ3v) is 5.29. The van der Waals surface area contributed by atoms with Gasteiger partial charge in [0.1, 0.15) is 17.2 Å². The first kappa shape index (κ1) is 18.9. The van der Waals surface area contributed by atoms with Crippen molar-refractivity contribution in [2.75, 3.05) is 7.11 Å². The van der Waals surface area contributed by atoms with Crippen LogP contribution in [0.3, 0.4) is 0 Å². The van der Waals surface area contributed by atoms with E-state index in [0.29, 0.717) is 30.1 Å². The van der Waals surface area contributed by atoms with Crippen LogP contribution in [0.25, 0.3) is 17.1 Å². The summed E-state index contributed by atoms with van der Waals surface area (Å²) < 4.78 is 12.6. The lowest BCUT2D eigenvalue weighted by Gasteiger charge is -2.15. The molecule has 3 aromatic rings. The van der Waals surface area contributed by atoms with Gasteiger partial charge < -0.3 is 14.1 Å². The van der Waals surface area contributed by atoms with Crippen LogP contribution in [0.15, 0.2) is 88.4 Å². The van der Waals surface area contributed by atoms with Crippen molar-refractivity contribution < 1.29 is 9.15 Å². The molecular weight excluding hydrogens is 390 g/mol. The lowest BCUT2D eigenvalue weighted by Crippen LogP contribution is -2.17. The number of H-pyrrole nitrogens is 1. The minimum absolute atomic E-state index is 0.147. The molecule has 2 aliphatic rings. The van der Waals surface area contributed by atoms with Crippen molar-refractivity contribution in [3.8, 4) is 22.8 Å². The van der Waals surface area contributed by atoms with Gasteiger partial charge in [-0.05, 0) is 29.8 Å². The quantitative estimate of drug-likeness (QED) is 0.448. The van der Waals surface area contributed by atoms with Crippen LogP contribution < -0.4 is 10.3 Å². The van der Waals surface area contributed by atoms with Crippen molar-refractivity contribution >= 4 is 0 Å². The summed E-state index contributed by atoms with van der Waals surface area (Å²) in [5.41, 5.74) is 3.95. The summed E-state index contributed by atoms with van der Waals surface area (Å²) in [5, 5.41) is 0. The van der Waals surface area contributed by atoms with E-state index in [-0.39, 0.29) is 5.56 Å². The van der Waals surface area contributed by atoms with Crippen LogP contribution in [0.5, 0.6) is 5.75 Å². The number of rotatable bonds is 6. The van der Waals surface area contributed by atoms with Gasteiger partial charge in [0.05, 0.1) is 31.2 Å². The third-order valence-electron chi connectivity index (χ3n) is 5.29. The summed E-state index contributed by atoms with van der Waals surface area (Å²) in [6.07, 6.45) is 4.36. The van der Waals surface area contributed by atoms with E-state index < -0.39 is 0 Å². The topological polar surface area (TPSA) is 73.1 Å². The molecule has 0 unspecified atom stereocenters. The van der Waals surface area contributed by atoms with Gasteiger partial charge in [0.2, 0.25) is 0 Å². The van der Waals surface area contributed by atoms with Crippen molar-refractivity contribution in [1.82, 2.24) is 14.5 Å². The van der Waals surface area contributed by atoms with E-state index in [9.17, 15) is 4.79 Å². The van der Waals surface area contributed by atoms with Crippen LogP contribution in [0.1, 0.15) is 22.7 Å². The Morgan fingerprint density at radius 1 is 1.00 bits per heavy atom. The number of ether oxygens (including phenoxy) is 1. The number of aromatic nitrogens is 3. The Kier molecular flexibility index (Phi) is 4.88. The molecule has 0 bridgehead atoms. The first-order valence-electron chi connectivity index (χ1n) is 10.1. The average molecular weight is 411 g/mol. The first-order valence-corrected chi connectivity index (χ1v) is 10.1. The molecule has 0 fully saturated rings. The number of para-hydroxylation sites is 1. The first-order chi connectivity index (χ1) is 15.2. The number of nitrogens with zero attached hydrogens (tertiary/aromatic N) is 2. The van der Waals surface area contributed by atoms with Crippen LogP contribution in [-0.2, 0) is 12.8 Å². The van der Waals surface area contributed by atoms with Gasteiger partial charge in [-0.25, -0.2) is 4.98 Å². The Bertz CT molecular complexity index is 1330. The zero-order valence-corrected chi connectivity index (χ0v) is 17.0. The number of methoxy groups -OCH3 is 1. The van der Waals surface area contributed by atoms with E-state index in [1.54, 1.807) is 24.1 Å². The fraction of sp³-hybridized carbons (Fsp3) is 0.120. The normalized spacial score (nSPS) is 11.1. The molecule has 6 heteroatoms. The fourth-order valence-corrected chi connectivity index (χ4v) is 3.80. The molecule has 0 radical (unpaired) electrons. The van der Waals surface area contributed by atoms with Crippen molar-refractivity contribution in [3.63, 3.8) is 0 Å². The van der Waals surface area contributed by atoms with Crippen molar-refractivity contribution in [1.29, 1.82) is 0 Å². The highest BCUT2D eigenvalue weighted by Crippen LogP contribution is 2.30. The maximum absolute atomic E-state index is 13.2. The number of fused-ring (bicyclic) bond motifs is 1. The van der Waals surface area contributed by atoms with Gasteiger partial charge in [0.25, 0.3) is 5.56 Å². The van der Waals surface area contributed by atoms with E-state index in [0.717, 1.165) is 28.3 Å². The zero-order chi connectivity index (χ0) is 21.2. The highest BCUT2D eigenvalue weighted by molar-refractivity contribution is 5.67. The second kappa shape index (κ2) is 7.99. The van der Waals surface area contributed by atoms with Crippen molar-refractivity contribution in [3.05, 3.63) is 112 Å². The van der Waals surface area contributed by atoms with Crippen LogP contribution in [0, 0.1) is 0 Å². The standard InChI is InChI=1S/C25H21N3O3/c1-30-23-12-6-5-11-19(23)22-16-28-24(20(26-22)14-17-8-3-2-4-9-17)27-21(25(28)29)15-18-10-7-13-31-18/h2-13,16,26H,14-15H2,1H3. The maximum Gasteiger partial charge on any atom is 0.278 e. The highest BCUT2D eigenvalue weighted by Gasteiger charge is 2.21. The molecule has 0 saturated carbocycles. The van der Waals surface area contributed by atoms with Crippen LogP contribution in [-0.4, -0.2) is 21.6 Å². The van der Waals surface area contributed by atoms with Gasteiger partial charge in [0.15, 0.2) is 5.82 Å². The van der Waals surface area contributed by atoms with Crippen molar-refractivity contribution in [2.24, 2.45) is 0 Å². The minimum Gasteiger partial charge on any atom is -0.496 e. The molecule has 0 aliphatic carbocycles. The Hall–Kier alpha value is -4.06. The predicted molar refractivity (Wildman–Crippen MR) is 118 cm³/mol. The molecule has 0 saturated heterocycles. The summed E-state index contributed by atoms with van der Waals surface area (Å²) in [6, 6.07) is 21.5. The largest absolute Gasteiger partial charge is 0.496 e. The van der Waals surface area contributed by atoms with E-state index in [1.165, 1.54) is 0 Å². The Morgan fingerprint density at radius 2 is 1.81 bits per heavy atom.